The van der Waals surface area contributed by atoms with Crippen LogP contribution in [0.4, 0.5) is 0 Å². The van der Waals surface area contributed by atoms with Gasteiger partial charge in [-0.25, -0.2) is 8.42 Å². The third kappa shape index (κ3) is 4.09. The Morgan fingerprint density at radius 3 is 2.59 bits per heavy atom. The van der Waals surface area contributed by atoms with Crippen LogP contribution in [0, 0.1) is 0 Å². The van der Waals surface area contributed by atoms with Gasteiger partial charge in [-0.15, -0.1) is 0 Å². The summed E-state index contributed by atoms with van der Waals surface area (Å²) < 4.78 is 25.1. The van der Waals surface area contributed by atoms with E-state index in [2.05, 4.69) is 10.4 Å². The van der Waals surface area contributed by atoms with E-state index in [0.29, 0.717) is 18.4 Å². The topological polar surface area (TPSA) is 81.1 Å². The number of amides is 1. The van der Waals surface area contributed by atoms with Crippen LogP contribution >= 0.6 is 0 Å². The first-order chi connectivity index (χ1) is 10.1. The van der Waals surface area contributed by atoms with Crippen LogP contribution in [0.3, 0.4) is 0 Å². The summed E-state index contributed by atoms with van der Waals surface area (Å²) in [5.74, 6) is -0.186. The van der Waals surface area contributed by atoms with Crippen LogP contribution in [0.1, 0.15) is 56.8 Å². The van der Waals surface area contributed by atoms with E-state index in [-0.39, 0.29) is 22.7 Å². The number of carbonyl (C=O) groups is 1. The van der Waals surface area contributed by atoms with Gasteiger partial charge >= 0.3 is 0 Å². The Morgan fingerprint density at radius 2 is 2.05 bits per heavy atom. The van der Waals surface area contributed by atoms with Crippen LogP contribution in [0.25, 0.3) is 0 Å². The number of hydrogen-bond donors (Lipinski definition) is 1. The van der Waals surface area contributed by atoms with Gasteiger partial charge in [-0.05, 0) is 40.0 Å². The lowest BCUT2D eigenvalue weighted by Gasteiger charge is -2.28. The van der Waals surface area contributed by atoms with E-state index in [1.165, 1.54) is 6.26 Å². The Balaban J connectivity index is 2.01. The standard InChI is InChI=1S/C15H25N3O3S/c1-15(2,3)18-10-11(9-16-18)14(19)17-12-6-5-7-13(8-12)22(4,20)21/h9-10,12-13H,5-8H2,1-4H3,(H,17,19). The maximum absolute atomic E-state index is 12.3. The van der Waals surface area contributed by atoms with Crippen molar-refractivity contribution in [2.45, 2.75) is 63.3 Å². The summed E-state index contributed by atoms with van der Waals surface area (Å²) in [4.78, 5) is 12.3. The Hall–Kier alpha value is -1.37. The normalized spacial score (nSPS) is 23.3. The Kier molecular flexibility index (Phi) is 4.65. The van der Waals surface area contributed by atoms with Crippen molar-refractivity contribution >= 4 is 15.7 Å². The Bertz CT molecular complexity index is 643. The van der Waals surface area contributed by atoms with Gasteiger partial charge in [0, 0.05) is 18.5 Å². The van der Waals surface area contributed by atoms with E-state index >= 15 is 0 Å². The van der Waals surface area contributed by atoms with Gasteiger partial charge < -0.3 is 5.32 Å². The second kappa shape index (κ2) is 6.02. The lowest BCUT2D eigenvalue weighted by atomic mass is 9.95. The van der Waals surface area contributed by atoms with Gasteiger partial charge in [0.25, 0.3) is 5.91 Å². The lowest BCUT2D eigenvalue weighted by molar-refractivity contribution is 0.0927. The molecule has 1 N–H and O–H groups in total. The van der Waals surface area contributed by atoms with E-state index < -0.39 is 9.84 Å². The number of hydrogen-bond acceptors (Lipinski definition) is 4. The predicted molar refractivity (Wildman–Crippen MR) is 85.6 cm³/mol. The van der Waals surface area contributed by atoms with Crippen molar-refractivity contribution in [3.63, 3.8) is 0 Å². The fourth-order valence-electron chi connectivity index (χ4n) is 2.74. The second-order valence-corrected chi connectivity index (χ2v) is 9.46. The van der Waals surface area contributed by atoms with Crippen molar-refractivity contribution < 1.29 is 13.2 Å². The molecule has 0 radical (unpaired) electrons. The van der Waals surface area contributed by atoms with E-state index in [1.807, 2.05) is 20.8 Å². The van der Waals surface area contributed by atoms with Crippen LogP contribution in [-0.2, 0) is 15.4 Å². The molecule has 0 saturated heterocycles. The minimum Gasteiger partial charge on any atom is -0.349 e. The van der Waals surface area contributed by atoms with E-state index in [9.17, 15) is 13.2 Å². The zero-order chi connectivity index (χ0) is 16.5. The summed E-state index contributed by atoms with van der Waals surface area (Å²) in [6.45, 7) is 6.04. The highest BCUT2D eigenvalue weighted by Gasteiger charge is 2.30. The molecule has 1 saturated carbocycles. The number of aromatic nitrogens is 2. The summed E-state index contributed by atoms with van der Waals surface area (Å²) in [6, 6.07) is -0.0843. The second-order valence-electron chi connectivity index (χ2n) is 7.13. The maximum atomic E-state index is 12.3. The molecule has 1 aromatic heterocycles. The molecule has 1 aliphatic carbocycles. The lowest BCUT2D eigenvalue weighted by Crippen LogP contribution is -2.41. The number of sulfone groups is 1. The summed E-state index contributed by atoms with van der Waals surface area (Å²) >= 11 is 0. The molecule has 7 heteroatoms. The van der Waals surface area contributed by atoms with Gasteiger partial charge in [-0.1, -0.05) is 6.42 Å². The summed E-state index contributed by atoms with van der Waals surface area (Å²) in [5.41, 5.74) is 0.335. The molecule has 0 spiro atoms. The summed E-state index contributed by atoms with van der Waals surface area (Å²) in [7, 11) is -3.04. The van der Waals surface area contributed by atoms with E-state index in [4.69, 9.17) is 0 Å². The summed E-state index contributed by atoms with van der Waals surface area (Å²) in [5, 5.41) is 6.82. The molecule has 0 aromatic carbocycles. The number of nitrogens with one attached hydrogen (secondary N) is 1. The third-order valence-electron chi connectivity index (χ3n) is 4.10. The van der Waals surface area contributed by atoms with Crippen LogP contribution in [0.15, 0.2) is 12.4 Å². The fourth-order valence-corrected chi connectivity index (χ4v) is 3.92. The smallest absolute Gasteiger partial charge is 0.254 e. The molecule has 22 heavy (non-hydrogen) atoms. The van der Waals surface area contributed by atoms with Crippen LogP contribution in [0.2, 0.25) is 0 Å². The van der Waals surface area contributed by atoms with Crippen LogP contribution in [-0.4, -0.2) is 41.7 Å². The molecule has 6 nitrogen and oxygen atoms in total. The fraction of sp³-hybridized carbons (Fsp3) is 0.733. The highest BCUT2D eigenvalue weighted by molar-refractivity contribution is 7.91. The van der Waals surface area contributed by atoms with Crippen molar-refractivity contribution in [3.05, 3.63) is 18.0 Å². The van der Waals surface area contributed by atoms with Gasteiger partial charge in [-0.3, -0.25) is 9.48 Å². The quantitative estimate of drug-likeness (QED) is 0.916. The van der Waals surface area contributed by atoms with Crippen molar-refractivity contribution in [3.8, 4) is 0 Å². The van der Waals surface area contributed by atoms with Crippen molar-refractivity contribution in [2.75, 3.05) is 6.26 Å². The van der Waals surface area contributed by atoms with E-state index in [1.54, 1.807) is 17.1 Å². The first-order valence-electron chi connectivity index (χ1n) is 7.62. The maximum Gasteiger partial charge on any atom is 0.254 e. The molecule has 0 bridgehead atoms. The molecule has 0 aliphatic heterocycles. The number of rotatable bonds is 3. The molecular weight excluding hydrogens is 302 g/mol. The predicted octanol–water partition coefficient (Wildman–Crippen LogP) is 1.72. The Morgan fingerprint density at radius 1 is 1.36 bits per heavy atom. The zero-order valence-electron chi connectivity index (χ0n) is 13.7. The van der Waals surface area contributed by atoms with Gasteiger partial charge in [0.2, 0.25) is 0 Å². The highest BCUT2D eigenvalue weighted by Crippen LogP contribution is 2.24. The van der Waals surface area contributed by atoms with Gasteiger partial charge in [0.1, 0.15) is 9.84 Å². The molecule has 2 atom stereocenters. The SMILES string of the molecule is CC(C)(C)n1cc(C(=O)NC2CCCC(S(C)(=O)=O)C2)cn1. The molecule has 1 aromatic rings. The van der Waals surface area contributed by atoms with Crippen molar-refractivity contribution in [2.24, 2.45) is 0 Å². The minimum atomic E-state index is -3.04. The van der Waals surface area contributed by atoms with Crippen molar-refractivity contribution in [1.29, 1.82) is 0 Å². The van der Waals surface area contributed by atoms with Gasteiger partial charge in [0.05, 0.1) is 22.5 Å². The molecule has 2 unspecified atom stereocenters. The van der Waals surface area contributed by atoms with Crippen LogP contribution < -0.4 is 5.32 Å². The number of nitrogens with zero attached hydrogens (tertiary/aromatic N) is 2. The summed E-state index contributed by atoms with van der Waals surface area (Å²) in [6.07, 6.45) is 7.39. The average molecular weight is 327 g/mol. The van der Waals surface area contributed by atoms with Gasteiger partial charge in [0.15, 0.2) is 0 Å². The molecule has 1 aliphatic rings. The molecule has 124 valence electrons. The first-order valence-corrected chi connectivity index (χ1v) is 9.57. The third-order valence-corrected chi connectivity index (χ3v) is 5.74. The molecule has 1 amide bonds. The first kappa shape index (κ1) is 17.0. The molecular formula is C15H25N3O3S. The zero-order valence-corrected chi connectivity index (χ0v) is 14.5. The van der Waals surface area contributed by atoms with Gasteiger partial charge in [-0.2, -0.15) is 5.10 Å². The Labute approximate surface area is 132 Å². The molecule has 2 rings (SSSR count). The molecule has 1 fully saturated rings. The highest BCUT2D eigenvalue weighted by atomic mass is 32.2. The minimum absolute atomic E-state index is 0.0843. The monoisotopic (exact) mass is 327 g/mol. The van der Waals surface area contributed by atoms with Crippen LogP contribution in [0.5, 0.6) is 0 Å². The number of carbonyl (C=O) groups excluding carboxylic acids is 1. The van der Waals surface area contributed by atoms with Crippen molar-refractivity contribution in [1.82, 2.24) is 15.1 Å². The largest absolute Gasteiger partial charge is 0.349 e. The van der Waals surface area contributed by atoms with E-state index in [0.717, 1.165) is 12.8 Å². The average Bonchev–Trinajstić information content (AvgIpc) is 2.87. The molecule has 1 heterocycles.